The topological polar surface area (TPSA) is 73.7 Å². The molecule has 2 aromatic rings. The Hall–Kier alpha value is -2.31. The lowest BCUT2D eigenvalue weighted by Crippen LogP contribution is -2.39. The van der Waals surface area contributed by atoms with Crippen LogP contribution >= 0.6 is 11.9 Å². The molecule has 26 heavy (non-hydrogen) atoms. The molecule has 6 heteroatoms. The summed E-state index contributed by atoms with van der Waals surface area (Å²) in [6, 6.07) is 13.6. The average molecular weight is 372 g/mol. The zero-order valence-corrected chi connectivity index (χ0v) is 16.2. The van der Waals surface area contributed by atoms with Gasteiger partial charge in [0.05, 0.1) is 17.2 Å². The number of carbonyl (C=O) groups is 1. The summed E-state index contributed by atoms with van der Waals surface area (Å²) in [5.41, 5.74) is 3.89. The van der Waals surface area contributed by atoms with E-state index < -0.39 is 0 Å². The highest BCUT2D eigenvalue weighted by atomic mass is 32.2. The lowest BCUT2D eigenvalue weighted by molar-refractivity contribution is -0.114. The van der Waals surface area contributed by atoms with Gasteiger partial charge in [-0.25, -0.2) is 4.99 Å². The van der Waals surface area contributed by atoms with Crippen molar-refractivity contribution >= 4 is 29.4 Å². The molecule has 0 spiro atoms. The van der Waals surface area contributed by atoms with Crippen LogP contribution < -0.4 is 10.0 Å². The van der Waals surface area contributed by atoms with Gasteiger partial charge in [0.15, 0.2) is 0 Å². The first-order valence-electron chi connectivity index (χ1n) is 8.75. The quantitative estimate of drug-likeness (QED) is 0.703. The van der Waals surface area contributed by atoms with Crippen LogP contribution in [0.1, 0.15) is 30.5 Å². The number of hydrogen-bond donors (Lipinski definition) is 3. The first-order chi connectivity index (χ1) is 12.7. The SMILES string of the molecule is CC.Cc1ccc2c(c1)SNC(C(=O)NCCc1ccccc1CO)=N2. The number of carbonyl (C=O) groups excluding carboxylic acids is 1. The minimum absolute atomic E-state index is 0.00518. The molecule has 0 unspecified atom stereocenters. The van der Waals surface area contributed by atoms with Gasteiger partial charge in [-0.15, -0.1) is 0 Å². The molecule has 0 bridgehead atoms. The molecule has 0 aromatic heterocycles. The Bertz CT molecular complexity index is 790. The molecule has 5 nitrogen and oxygen atoms in total. The highest BCUT2D eigenvalue weighted by Crippen LogP contribution is 2.31. The van der Waals surface area contributed by atoms with Crippen LogP contribution in [-0.4, -0.2) is 23.4 Å². The fraction of sp³-hybridized carbons (Fsp3) is 0.300. The zero-order chi connectivity index (χ0) is 18.9. The van der Waals surface area contributed by atoms with Crippen LogP contribution in [0.25, 0.3) is 0 Å². The fourth-order valence-electron chi connectivity index (χ4n) is 2.49. The molecule has 1 aliphatic heterocycles. The van der Waals surface area contributed by atoms with Crippen molar-refractivity contribution in [1.82, 2.24) is 10.0 Å². The van der Waals surface area contributed by atoms with E-state index in [1.165, 1.54) is 11.9 Å². The molecule has 0 aliphatic carbocycles. The molecule has 3 rings (SSSR count). The van der Waals surface area contributed by atoms with Crippen LogP contribution in [0.2, 0.25) is 0 Å². The number of rotatable bonds is 5. The van der Waals surface area contributed by atoms with Crippen molar-refractivity contribution in [2.45, 2.75) is 38.7 Å². The van der Waals surface area contributed by atoms with Crippen molar-refractivity contribution in [1.29, 1.82) is 0 Å². The van der Waals surface area contributed by atoms with Gasteiger partial charge in [-0.2, -0.15) is 0 Å². The van der Waals surface area contributed by atoms with E-state index >= 15 is 0 Å². The van der Waals surface area contributed by atoms with Gasteiger partial charge in [0, 0.05) is 6.54 Å². The Labute approximate surface area is 159 Å². The second-order valence-corrected chi connectivity index (χ2v) is 6.42. The smallest absolute Gasteiger partial charge is 0.287 e. The summed E-state index contributed by atoms with van der Waals surface area (Å²) in [6.45, 7) is 6.52. The summed E-state index contributed by atoms with van der Waals surface area (Å²) >= 11 is 1.40. The third-order valence-electron chi connectivity index (χ3n) is 3.79. The molecule has 0 fully saturated rings. The molecule has 0 saturated carbocycles. The van der Waals surface area contributed by atoms with E-state index in [1.807, 2.05) is 63.2 Å². The number of benzene rings is 2. The van der Waals surface area contributed by atoms with Crippen LogP contribution in [0, 0.1) is 6.92 Å². The number of aliphatic hydroxyl groups is 1. The normalized spacial score (nSPS) is 12.1. The van der Waals surface area contributed by atoms with Crippen LogP contribution in [-0.2, 0) is 17.8 Å². The monoisotopic (exact) mass is 371 g/mol. The summed E-state index contributed by atoms with van der Waals surface area (Å²) in [5.74, 6) is 0.0852. The van der Waals surface area contributed by atoms with Crippen molar-refractivity contribution < 1.29 is 9.90 Å². The van der Waals surface area contributed by atoms with Gasteiger partial charge in [0.2, 0.25) is 5.84 Å². The summed E-state index contributed by atoms with van der Waals surface area (Å²) in [5, 5.41) is 12.2. The molecular formula is C20H25N3O2S. The third kappa shape index (κ3) is 5.09. The molecule has 2 aromatic carbocycles. The Morgan fingerprint density at radius 2 is 1.92 bits per heavy atom. The summed E-state index contributed by atoms with van der Waals surface area (Å²) < 4.78 is 2.99. The highest BCUT2D eigenvalue weighted by Gasteiger charge is 2.18. The second-order valence-electron chi connectivity index (χ2n) is 5.57. The Balaban J connectivity index is 0.00000117. The predicted molar refractivity (Wildman–Crippen MR) is 108 cm³/mol. The van der Waals surface area contributed by atoms with Gasteiger partial charge >= 0.3 is 0 Å². The van der Waals surface area contributed by atoms with E-state index in [0.29, 0.717) is 18.8 Å². The van der Waals surface area contributed by atoms with Gasteiger partial charge in [-0.3, -0.25) is 4.79 Å². The first kappa shape index (κ1) is 20.0. The molecular weight excluding hydrogens is 346 g/mol. The number of amides is 1. The molecule has 1 aliphatic rings. The van der Waals surface area contributed by atoms with Crippen LogP contribution in [0.5, 0.6) is 0 Å². The minimum atomic E-state index is -0.227. The number of nitrogens with zero attached hydrogens (tertiary/aromatic N) is 1. The maximum absolute atomic E-state index is 12.3. The first-order valence-corrected chi connectivity index (χ1v) is 9.57. The molecule has 1 amide bonds. The zero-order valence-electron chi connectivity index (χ0n) is 15.4. The number of hydrogen-bond acceptors (Lipinski definition) is 5. The van der Waals surface area contributed by atoms with E-state index in [4.69, 9.17) is 0 Å². The Morgan fingerprint density at radius 1 is 1.19 bits per heavy atom. The van der Waals surface area contributed by atoms with Gasteiger partial charge in [0.1, 0.15) is 0 Å². The largest absolute Gasteiger partial charge is 0.392 e. The standard InChI is InChI=1S/C18H19N3O2S.C2H6/c1-12-6-7-15-16(10-12)24-21-17(20-15)18(23)19-9-8-13-4-2-3-5-14(13)11-22;1-2/h2-7,10,22H,8-9,11H2,1H3,(H,19,23)(H,20,21);1-2H3. The molecule has 0 atom stereocenters. The Morgan fingerprint density at radius 3 is 2.65 bits per heavy atom. The van der Waals surface area contributed by atoms with Gasteiger partial charge in [-0.1, -0.05) is 44.2 Å². The minimum Gasteiger partial charge on any atom is -0.392 e. The van der Waals surface area contributed by atoms with Crippen molar-refractivity contribution in [3.8, 4) is 0 Å². The van der Waals surface area contributed by atoms with E-state index in [-0.39, 0.29) is 12.5 Å². The molecule has 0 saturated heterocycles. The fourth-order valence-corrected chi connectivity index (χ4v) is 3.30. The summed E-state index contributed by atoms with van der Waals surface area (Å²) in [6.07, 6.45) is 0.665. The van der Waals surface area contributed by atoms with Gasteiger partial charge in [0.25, 0.3) is 5.91 Å². The summed E-state index contributed by atoms with van der Waals surface area (Å²) in [4.78, 5) is 17.6. The van der Waals surface area contributed by atoms with E-state index in [9.17, 15) is 9.90 Å². The molecule has 0 radical (unpaired) electrons. The Kier molecular flexibility index (Phi) is 7.69. The summed E-state index contributed by atoms with van der Waals surface area (Å²) in [7, 11) is 0. The predicted octanol–water partition coefficient (Wildman–Crippen LogP) is 3.51. The van der Waals surface area contributed by atoms with Crippen LogP contribution in [0.3, 0.4) is 0 Å². The van der Waals surface area contributed by atoms with Crippen LogP contribution in [0.4, 0.5) is 5.69 Å². The maximum atomic E-state index is 12.3. The number of nitrogens with one attached hydrogen (secondary N) is 2. The number of aliphatic hydroxyl groups excluding tert-OH is 1. The molecule has 138 valence electrons. The number of amidine groups is 1. The lowest BCUT2D eigenvalue weighted by atomic mass is 10.1. The van der Waals surface area contributed by atoms with E-state index in [1.54, 1.807) is 0 Å². The molecule has 1 heterocycles. The highest BCUT2D eigenvalue weighted by molar-refractivity contribution is 7.98. The third-order valence-corrected chi connectivity index (χ3v) is 4.63. The second kappa shape index (κ2) is 9.99. The van der Waals surface area contributed by atoms with Crippen molar-refractivity contribution in [2.24, 2.45) is 4.99 Å². The van der Waals surface area contributed by atoms with Gasteiger partial charge < -0.3 is 15.1 Å². The van der Waals surface area contributed by atoms with Crippen LogP contribution in [0.15, 0.2) is 52.4 Å². The average Bonchev–Trinajstić information content (AvgIpc) is 2.69. The van der Waals surface area contributed by atoms with Gasteiger partial charge in [-0.05, 0) is 54.1 Å². The number of aliphatic imine (C=N–C) groups is 1. The number of aryl methyl sites for hydroxylation is 1. The van der Waals surface area contributed by atoms with Crippen molar-refractivity contribution in [3.63, 3.8) is 0 Å². The molecule has 3 N–H and O–H groups in total. The van der Waals surface area contributed by atoms with Crippen molar-refractivity contribution in [2.75, 3.05) is 6.54 Å². The van der Waals surface area contributed by atoms with E-state index in [0.717, 1.165) is 27.3 Å². The van der Waals surface area contributed by atoms with Crippen molar-refractivity contribution in [3.05, 3.63) is 59.2 Å². The lowest BCUT2D eigenvalue weighted by Gasteiger charge is -2.16. The van der Waals surface area contributed by atoms with E-state index in [2.05, 4.69) is 15.0 Å². The maximum Gasteiger partial charge on any atom is 0.287 e. The number of fused-ring (bicyclic) bond motifs is 1.